The van der Waals surface area contributed by atoms with Gasteiger partial charge in [0.25, 0.3) is 0 Å². The van der Waals surface area contributed by atoms with E-state index in [0.29, 0.717) is 5.69 Å². The van der Waals surface area contributed by atoms with Crippen LogP contribution in [-0.2, 0) is 14.3 Å². The van der Waals surface area contributed by atoms with Gasteiger partial charge in [0.05, 0.1) is 7.11 Å². The van der Waals surface area contributed by atoms with E-state index in [9.17, 15) is 14.4 Å². The average molecular weight is 279 g/mol. The molecule has 1 N–H and O–H groups in total. The first-order chi connectivity index (χ1) is 9.35. The summed E-state index contributed by atoms with van der Waals surface area (Å²) in [6, 6.07) is 4.51. The predicted octanol–water partition coefficient (Wildman–Crippen LogP) is 1.79. The van der Waals surface area contributed by atoms with Crippen LogP contribution in [0.1, 0.15) is 31.1 Å². The molecule has 1 amide bonds. The highest BCUT2D eigenvalue weighted by molar-refractivity contribution is 5.95. The van der Waals surface area contributed by atoms with Crippen molar-refractivity contribution in [1.82, 2.24) is 0 Å². The van der Waals surface area contributed by atoms with Gasteiger partial charge in [-0.3, -0.25) is 9.59 Å². The molecule has 0 saturated carbocycles. The Morgan fingerprint density at radius 2 is 1.85 bits per heavy atom. The molecule has 1 unspecified atom stereocenters. The third-order valence-corrected chi connectivity index (χ3v) is 2.58. The first-order valence-electron chi connectivity index (χ1n) is 6.02. The van der Waals surface area contributed by atoms with Crippen molar-refractivity contribution in [3.63, 3.8) is 0 Å². The number of methoxy groups -OCH3 is 1. The van der Waals surface area contributed by atoms with E-state index in [1.165, 1.54) is 33.1 Å². The molecule has 6 heteroatoms. The van der Waals surface area contributed by atoms with E-state index in [2.05, 4.69) is 10.1 Å². The first kappa shape index (κ1) is 15.7. The lowest BCUT2D eigenvalue weighted by Crippen LogP contribution is -2.22. The third kappa shape index (κ3) is 4.08. The number of carbonyl (C=O) groups is 3. The van der Waals surface area contributed by atoms with Gasteiger partial charge < -0.3 is 14.8 Å². The number of hydrogen-bond acceptors (Lipinski definition) is 5. The number of benzene rings is 1. The van der Waals surface area contributed by atoms with Crippen molar-refractivity contribution in [2.24, 2.45) is 0 Å². The Labute approximate surface area is 117 Å². The molecule has 6 nitrogen and oxygen atoms in total. The number of hydrogen-bond donors (Lipinski definition) is 1. The molecule has 1 aromatic carbocycles. The van der Waals surface area contributed by atoms with Crippen LogP contribution in [-0.4, -0.2) is 30.9 Å². The zero-order chi connectivity index (χ0) is 15.3. The zero-order valence-electron chi connectivity index (χ0n) is 11.9. The number of rotatable bonds is 5. The number of Topliss-reactive ketones (excluding diaryl/α,β-unsaturated/α-hetero) is 1. The van der Waals surface area contributed by atoms with E-state index in [1.807, 2.05) is 0 Å². The van der Waals surface area contributed by atoms with Crippen molar-refractivity contribution < 1.29 is 23.9 Å². The van der Waals surface area contributed by atoms with Crippen LogP contribution < -0.4 is 10.1 Å². The molecule has 0 aliphatic carbocycles. The summed E-state index contributed by atoms with van der Waals surface area (Å²) in [6.07, 6.45) is -0.703. The van der Waals surface area contributed by atoms with Crippen LogP contribution in [0.4, 0.5) is 5.69 Å². The Morgan fingerprint density at radius 3 is 2.35 bits per heavy atom. The monoisotopic (exact) mass is 279 g/mol. The van der Waals surface area contributed by atoms with Crippen LogP contribution in [0, 0.1) is 0 Å². The summed E-state index contributed by atoms with van der Waals surface area (Å²) in [6.45, 7) is 4.33. The molecule has 0 aromatic heterocycles. The maximum atomic E-state index is 11.6. The molecule has 0 radical (unpaired) electrons. The molecule has 0 fully saturated rings. The fourth-order valence-corrected chi connectivity index (χ4v) is 1.45. The van der Waals surface area contributed by atoms with E-state index < -0.39 is 12.1 Å². The van der Waals surface area contributed by atoms with Crippen molar-refractivity contribution in [3.8, 4) is 5.75 Å². The molecule has 0 aliphatic rings. The van der Waals surface area contributed by atoms with Gasteiger partial charge in [-0.05, 0) is 26.0 Å². The normalized spacial score (nSPS) is 11.4. The molecule has 0 aliphatic heterocycles. The minimum Gasteiger partial charge on any atom is -0.482 e. The van der Waals surface area contributed by atoms with Gasteiger partial charge in [0.1, 0.15) is 11.3 Å². The third-order valence-electron chi connectivity index (χ3n) is 2.58. The molecule has 0 saturated heterocycles. The van der Waals surface area contributed by atoms with Gasteiger partial charge in [-0.25, -0.2) is 4.79 Å². The summed E-state index contributed by atoms with van der Waals surface area (Å²) in [4.78, 5) is 33.9. The molecule has 0 spiro atoms. The summed E-state index contributed by atoms with van der Waals surface area (Å²) in [5, 5.41) is 2.58. The van der Waals surface area contributed by atoms with Gasteiger partial charge in [-0.2, -0.15) is 0 Å². The van der Waals surface area contributed by atoms with E-state index in [-0.39, 0.29) is 23.0 Å². The van der Waals surface area contributed by atoms with Crippen LogP contribution in [0.3, 0.4) is 0 Å². The van der Waals surface area contributed by atoms with Crippen molar-refractivity contribution in [1.29, 1.82) is 0 Å². The predicted molar refractivity (Wildman–Crippen MR) is 72.9 cm³/mol. The first-order valence-corrected chi connectivity index (χ1v) is 6.02. The van der Waals surface area contributed by atoms with Gasteiger partial charge in [0.15, 0.2) is 11.9 Å². The minimum absolute atomic E-state index is 0.175. The average Bonchev–Trinajstić information content (AvgIpc) is 2.37. The Morgan fingerprint density at radius 1 is 1.20 bits per heavy atom. The van der Waals surface area contributed by atoms with E-state index in [1.54, 1.807) is 13.0 Å². The Kier molecular flexibility index (Phi) is 5.25. The van der Waals surface area contributed by atoms with Crippen molar-refractivity contribution >= 4 is 23.3 Å². The number of ether oxygens (including phenoxy) is 2. The lowest BCUT2D eigenvalue weighted by molar-refractivity contribution is -0.123. The number of amides is 1. The van der Waals surface area contributed by atoms with Gasteiger partial charge in [-0.15, -0.1) is 0 Å². The van der Waals surface area contributed by atoms with Crippen molar-refractivity contribution in [2.75, 3.05) is 12.4 Å². The molecular weight excluding hydrogens is 262 g/mol. The maximum absolute atomic E-state index is 11.6. The van der Waals surface area contributed by atoms with E-state index >= 15 is 0 Å². The smallest absolute Gasteiger partial charge is 0.341 e. The molecule has 20 heavy (non-hydrogen) atoms. The summed E-state index contributed by atoms with van der Waals surface area (Å²) >= 11 is 0. The summed E-state index contributed by atoms with van der Waals surface area (Å²) in [7, 11) is 1.25. The SMILES string of the molecule is COC(=O)c1ccc(NC(C)=O)cc1OC(C)C(C)=O. The van der Waals surface area contributed by atoms with Gasteiger partial charge in [-0.1, -0.05) is 0 Å². The van der Waals surface area contributed by atoms with Crippen LogP contribution in [0.2, 0.25) is 0 Å². The molecule has 0 bridgehead atoms. The Hall–Kier alpha value is -2.37. The summed E-state index contributed by atoms with van der Waals surface area (Å²) in [5.74, 6) is -0.817. The lowest BCUT2D eigenvalue weighted by atomic mass is 10.1. The van der Waals surface area contributed by atoms with Gasteiger partial charge in [0, 0.05) is 18.7 Å². The number of nitrogens with one attached hydrogen (secondary N) is 1. The van der Waals surface area contributed by atoms with Crippen molar-refractivity contribution in [3.05, 3.63) is 23.8 Å². The summed E-state index contributed by atoms with van der Waals surface area (Å²) in [5.41, 5.74) is 0.658. The van der Waals surface area contributed by atoms with Gasteiger partial charge >= 0.3 is 5.97 Å². The number of esters is 1. The molecule has 108 valence electrons. The molecule has 1 aromatic rings. The van der Waals surface area contributed by atoms with Crippen LogP contribution >= 0.6 is 0 Å². The van der Waals surface area contributed by atoms with Crippen LogP contribution in [0.5, 0.6) is 5.75 Å². The van der Waals surface area contributed by atoms with Crippen LogP contribution in [0.25, 0.3) is 0 Å². The minimum atomic E-state index is -0.703. The van der Waals surface area contributed by atoms with E-state index in [0.717, 1.165) is 0 Å². The van der Waals surface area contributed by atoms with Gasteiger partial charge in [0.2, 0.25) is 5.91 Å². The molecule has 0 heterocycles. The Balaban J connectivity index is 3.15. The fraction of sp³-hybridized carbons (Fsp3) is 0.357. The second kappa shape index (κ2) is 6.70. The fourth-order valence-electron chi connectivity index (χ4n) is 1.45. The second-order valence-corrected chi connectivity index (χ2v) is 4.25. The second-order valence-electron chi connectivity index (χ2n) is 4.25. The topological polar surface area (TPSA) is 81.7 Å². The van der Waals surface area contributed by atoms with Crippen LogP contribution in [0.15, 0.2) is 18.2 Å². The summed E-state index contributed by atoms with van der Waals surface area (Å²) < 4.78 is 10.1. The Bertz CT molecular complexity index is 538. The maximum Gasteiger partial charge on any atom is 0.341 e. The van der Waals surface area contributed by atoms with Crippen molar-refractivity contribution in [2.45, 2.75) is 26.9 Å². The largest absolute Gasteiger partial charge is 0.482 e. The standard InChI is InChI=1S/C14H17NO5/c1-8(16)9(2)20-13-7-11(15-10(3)17)5-6-12(13)14(18)19-4/h5-7,9H,1-4H3,(H,15,17). The lowest BCUT2D eigenvalue weighted by Gasteiger charge is -2.15. The number of carbonyl (C=O) groups excluding carboxylic acids is 3. The molecular formula is C14H17NO5. The highest BCUT2D eigenvalue weighted by Crippen LogP contribution is 2.25. The molecule has 1 rings (SSSR count). The highest BCUT2D eigenvalue weighted by Gasteiger charge is 2.18. The quantitative estimate of drug-likeness (QED) is 0.831. The number of ketones is 1. The van der Waals surface area contributed by atoms with E-state index in [4.69, 9.17) is 4.74 Å². The molecule has 1 atom stereocenters. The number of anilines is 1. The zero-order valence-corrected chi connectivity index (χ0v) is 11.9. The highest BCUT2D eigenvalue weighted by atomic mass is 16.5.